The molecule has 0 saturated carbocycles. The standard InChI is InChI=1S/C19H13Cl2NO4/c1-25-14-5-6-17-12(8-14)9-16(19(24)26-17)22-18(23)7-3-11-2-4-13(20)10-15(11)21/h2-10H,1H3,(H,22,23)/b7-3+. The van der Waals surface area contributed by atoms with Crippen LogP contribution in [0.5, 0.6) is 5.75 Å². The quantitative estimate of drug-likeness (QED) is 0.515. The van der Waals surface area contributed by atoms with E-state index < -0.39 is 11.5 Å². The van der Waals surface area contributed by atoms with Gasteiger partial charge in [0.25, 0.3) is 0 Å². The molecule has 1 heterocycles. The molecule has 3 rings (SSSR count). The predicted molar refractivity (Wildman–Crippen MR) is 103 cm³/mol. The summed E-state index contributed by atoms with van der Waals surface area (Å²) in [4.78, 5) is 24.1. The van der Waals surface area contributed by atoms with Crippen LogP contribution in [-0.2, 0) is 4.79 Å². The van der Waals surface area contributed by atoms with E-state index in [4.69, 9.17) is 32.4 Å². The van der Waals surface area contributed by atoms with Crippen LogP contribution in [0.1, 0.15) is 5.56 Å². The number of nitrogens with one attached hydrogen (secondary N) is 1. The smallest absolute Gasteiger partial charge is 0.360 e. The van der Waals surface area contributed by atoms with Crippen molar-refractivity contribution in [1.29, 1.82) is 0 Å². The van der Waals surface area contributed by atoms with Crippen molar-refractivity contribution in [3.63, 3.8) is 0 Å². The Hall–Kier alpha value is -2.76. The Labute approximate surface area is 158 Å². The molecule has 0 aliphatic carbocycles. The second-order valence-electron chi connectivity index (χ2n) is 5.34. The number of amides is 1. The van der Waals surface area contributed by atoms with Gasteiger partial charge in [0.15, 0.2) is 0 Å². The molecule has 2 aromatic carbocycles. The molecule has 0 saturated heterocycles. The van der Waals surface area contributed by atoms with Crippen LogP contribution >= 0.6 is 23.2 Å². The van der Waals surface area contributed by atoms with E-state index in [9.17, 15) is 9.59 Å². The lowest BCUT2D eigenvalue weighted by atomic mass is 10.2. The number of carbonyl (C=O) groups is 1. The zero-order valence-corrected chi connectivity index (χ0v) is 15.1. The molecular weight excluding hydrogens is 377 g/mol. The van der Waals surface area contributed by atoms with Gasteiger partial charge in [-0.2, -0.15) is 0 Å². The largest absolute Gasteiger partial charge is 0.497 e. The first-order valence-corrected chi connectivity index (χ1v) is 8.28. The maximum atomic E-state index is 12.1. The summed E-state index contributed by atoms with van der Waals surface area (Å²) < 4.78 is 10.3. The number of hydrogen-bond donors (Lipinski definition) is 1. The average molecular weight is 390 g/mol. The maximum absolute atomic E-state index is 12.1. The van der Waals surface area contributed by atoms with Crippen LogP contribution in [0.2, 0.25) is 10.0 Å². The van der Waals surface area contributed by atoms with Gasteiger partial charge in [-0.05, 0) is 48.0 Å². The summed E-state index contributed by atoms with van der Waals surface area (Å²) in [5.41, 5.74) is 0.412. The van der Waals surface area contributed by atoms with E-state index in [0.29, 0.717) is 32.3 Å². The summed E-state index contributed by atoms with van der Waals surface area (Å²) in [6.07, 6.45) is 2.80. The number of anilines is 1. The van der Waals surface area contributed by atoms with Gasteiger partial charge in [0.05, 0.1) is 7.11 Å². The zero-order valence-electron chi connectivity index (χ0n) is 13.6. The molecule has 7 heteroatoms. The molecule has 132 valence electrons. The summed E-state index contributed by atoms with van der Waals surface area (Å²) >= 11 is 11.9. The number of rotatable bonds is 4. The van der Waals surface area contributed by atoms with Crippen molar-refractivity contribution in [2.75, 3.05) is 12.4 Å². The third kappa shape index (κ3) is 4.07. The number of carbonyl (C=O) groups excluding carboxylic acids is 1. The van der Waals surface area contributed by atoms with Crippen LogP contribution in [0.25, 0.3) is 17.0 Å². The fraction of sp³-hybridized carbons (Fsp3) is 0.0526. The molecule has 0 aliphatic heterocycles. The Kier molecular flexibility index (Phi) is 5.30. The molecule has 3 aromatic rings. The Morgan fingerprint density at radius 2 is 1.96 bits per heavy atom. The van der Waals surface area contributed by atoms with Gasteiger partial charge < -0.3 is 14.5 Å². The molecule has 0 spiro atoms. The van der Waals surface area contributed by atoms with E-state index in [1.54, 1.807) is 36.4 Å². The van der Waals surface area contributed by atoms with Gasteiger partial charge in [-0.25, -0.2) is 4.79 Å². The molecule has 0 bridgehead atoms. The molecule has 1 aromatic heterocycles. The van der Waals surface area contributed by atoms with Gasteiger partial charge >= 0.3 is 5.63 Å². The molecule has 0 fully saturated rings. The van der Waals surface area contributed by atoms with Crippen LogP contribution in [-0.4, -0.2) is 13.0 Å². The van der Waals surface area contributed by atoms with Gasteiger partial charge in [0.1, 0.15) is 17.0 Å². The highest BCUT2D eigenvalue weighted by Gasteiger charge is 2.08. The molecule has 0 aliphatic rings. The topological polar surface area (TPSA) is 68.5 Å². The van der Waals surface area contributed by atoms with Crippen LogP contribution in [0.15, 0.2) is 57.8 Å². The minimum atomic E-state index is -0.644. The molecule has 0 atom stereocenters. The lowest BCUT2D eigenvalue weighted by molar-refractivity contribution is -0.111. The predicted octanol–water partition coefficient (Wildman–Crippen LogP) is 4.76. The van der Waals surface area contributed by atoms with Gasteiger partial charge in [-0.1, -0.05) is 29.3 Å². The summed E-state index contributed by atoms with van der Waals surface area (Å²) in [7, 11) is 1.54. The molecule has 26 heavy (non-hydrogen) atoms. The lowest BCUT2D eigenvalue weighted by Crippen LogP contribution is -2.15. The summed E-state index contributed by atoms with van der Waals surface area (Å²) in [5, 5.41) is 4.04. The lowest BCUT2D eigenvalue weighted by Gasteiger charge is -2.05. The molecule has 1 N–H and O–H groups in total. The first kappa shape index (κ1) is 18.0. The summed E-state index contributed by atoms with van der Waals surface area (Å²) in [5.74, 6) is 0.117. The van der Waals surface area contributed by atoms with Crippen LogP contribution in [0, 0.1) is 0 Å². The molecule has 0 unspecified atom stereocenters. The average Bonchev–Trinajstić information content (AvgIpc) is 2.61. The monoisotopic (exact) mass is 389 g/mol. The van der Waals surface area contributed by atoms with E-state index in [1.165, 1.54) is 25.3 Å². The Balaban J connectivity index is 1.83. The fourth-order valence-electron chi connectivity index (χ4n) is 2.29. The highest BCUT2D eigenvalue weighted by molar-refractivity contribution is 6.35. The van der Waals surface area contributed by atoms with E-state index in [1.807, 2.05) is 0 Å². The van der Waals surface area contributed by atoms with Gasteiger partial charge in [-0.15, -0.1) is 0 Å². The zero-order chi connectivity index (χ0) is 18.7. The number of ether oxygens (including phenoxy) is 1. The summed E-state index contributed by atoms with van der Waals surface area (Å²) in [6.45, 7) is 0. The number of benzene rings is 2. The Bertz CT molecular complexity index is 1070. The fourth-order valence-corrected chi connectivity index (χ4v) is 2.76. The highest BCUT2D eigenvalue weighted by Crippen LogP contribution is 2.23. The number of hydrogen-bond acceptors (Lipinski definition) is 4. The van der Waals surface area contributed by atoms with Crippen molar-refractivity contribution >= 4 is 51.8 Å². The van der Waals surface area contributed by atoms with Crippen molar-refractivity contribution in [3.8, 4) is 5.75 Å². The van der Waals surface area contributed by atoms with Crippen molar-refractivity contribution in [1.82, 2.24) is 0 Å². The van der Waals surface area contributed by atoms with E-state index in [2.05, 4.69) is 5.32 Å². The molecular formula is C19H13Cl2NO4. The van der Waals surface area contributed by atoms with Crippen molar-refractivity contribution < 1.29 is 13.9 Å². The second kappa shape index (κ2) is 7.64. The minimum absolute atomic E-state index is 0.0302. The maximum Gasteiger partial charge on any atom is 0.360 e. The first-order chi connectivity index (χ1) is 12.5. The van der Waals surface area contributed by atoms with Crippen molar-refractivity contribution in [2.24, 2.45) is 0 Å². The third-order valence-corrected chi connectivity index (χ3v) is 4.14. The van der Waals surface area contributed by atoms with Gasteiger partial charge in [0, 0.05) is 21.5 Å². The van der Waals surface area contributed by atoms with E-state index in [-0.39, 0.29) is 5.69 Å². The molecule has 1 amide bonds. The number of halogens is 2. The molecule has 0 radical (unpaired) electrons. The highest BCUT2D eigenvalue weighted by atomic mass is 35.5. The SMILES string of the molecule is COc1ccc2oc(=O)c(NC(=O)/C=C/c3ccc(Cl)cc3Cl)cc2c1. The van der Waals surface area contributed by atoms with Crippen LogP contribution in [0.4, 0.5) is 5.69 Å². The molecule has 5 nitrogen and oxygen atoms in total. The third-order valence-electron chi connectivity index (χ3n) is 3.57. The van der Waals surface area contributed by atoms with Gasteiger partial charge in [0.2, 0.25) is 5.91 Å². The summed E-state index contributed by atoms with van der Waals surface area (Å²) in [6, 6.07) is 11.5. The van der Waals surface area contributed by atoms with Gasteiger partial charge in [-0.3, -0.25) is 4.79 Å². The van der Waals surface area contributed by atoms with Crippen LogP contribution in [0.3, 0.4) is 0 Å². The van der Waals surface area contributed by atoms with E-state index >= 15 is 0 Å². The van der Waals surface area contributed by atoms with Crippen molar-refractivity contribution in [2.45, 2.75) is 0 Å². The minimum Gasteiger partial charge on any atom is -0.497 e. The Morgan fingerprint density at radius 3 is 2.69 bits per heavy atom. The normalized spacial score (nSPS) is 11.0. The van der Waals surface area contributed by atoms with Crippen molar-refractivity contribution in [3.05, 3.63) is 74.6 Å². The number of fused-ring (bicyclic) bond motifs is 1. The number of methoxy groups -OCH3 is 1. The second-order valence-corrected chi connectivity index (χ2v) is 6.18. The van der Waals surface area contributed by atoms with Crippen LogP contribution < -0.4 is 15.7 Å². The first-order valence-electron chi connectivity index (χ1n) is 7.52. The Morgan fingerprint density at radius 1 is 1.15 bits per heavy atom. The van der Waals surface area contributed by atoms with E-state index in [0.717, 1.165) is 0 Å².